The smallest absolute Gasteiger partial charge is 0.251 e. The van der Waals surface area contributed by atoms with Gasteiger partial charge in [-0.1, -0.05) is 17.7 Å². The summed E-state index contributed by atoms with van der Waals surface area (Å²) in [6, 6.07) is 10.0. The number of hydrogen-bond acceptors (Lipinski definition) is 3. The zero-order chi connectivity index (χ0) is 15.5. The molecule has 22 heavy (non-hydrogen) atoms. The molecule has 1 aliphatic rings. The molecule has 2 aromatic carbocycles. The summed E-state index contributed by atoms with van der Waals surface area (Å²) in [5.41, 5.74) is 2.92. The standard InChI is InChI=1S/C17H16FNO3/c1-11-2-4-12(5-3-11)17(20)19-8-13-6-15(18)7-14-9-21-10-22-16(13)14/h2-7H,8-10H2,1H3,(H,19,20). The summed E-state index contributed by atoms with van der Waals surface area (Å²) in [5, 5.41) is 2.79. The van der Waals surface area contributed by atoms with Crippen molar-refractivity contribution >= 4 is 5.91 Å². The van der Waals surface area contributed by atoms with Crippen molar-refractivity contribution in [2.24, 2.45) is 0 Å². The molecule has 2 aromatic rings. The van der Waals surface area contributed by atoms with E-state index in [0.717, 1.165) is 5.56 Å². The quantitative estimate of drug-likeness (QED) is 0.948. The van der Waals surface area contributed by atoms with Crippen molar-refractivity contribution in [1.82, 2.24) is 5.32 Å². The van der Waals surface area contributed by atoms with Crippen LogP contribution in [0.1, 0.15) is 27.0 Å². The van der Waals surface area contributed by atoms with Crippen LogP contribution in [0.4, 0.5) is 4.39 Å². The molecule has 1 heterocycles. The number of hydrogen-bond donors (Lipinski definition) is 1. The number of fused-ring (bicyclic) bond motifs is 1. The summed E-state index contributed by atoms with van der Waals surface area (Å²) >= 11 is 0. The predicted molar refractivity (Wildman–Crippen MR) is 79.0 cm³/mol. The molecule has 0 atom stereocenters. The van der Waals surface area contributed by atoms with Gasteiger partial charge in [0.15, 0.2) is 6.79 Å². The van der Waals surface area contributed by atoms with Gasteiger partial charge in [-0.15, -0.1) is 0 Å². The van der Waals surface area contributed by atoms with Crippen LogP contribution in [0.15, 0.2) is 36.4 Å². The lowest BCUT2D eigenvalue weighted by Gasteiger charge is -2.21. The Morgan fingerprint density at radius 1 is 1.27 bits per heavy atom. The van der Waals surface area contributed by atoms with Gasteiger partial charge in [-0.05, 0) is 31.2 Å². The first-order valence-corrected chi connectivity index (χ1v) is 7.00. The molecule has 0 fully saturated rings. The number of carbonyl (C=O) groups excluding carboxylic acids is 1. The van der Waals surface area contributed by atoms with E-state index in [9.17, 15) is 9.18 Å². The van der Waals surface area contributed by atoms with E-state index in [1.165, 1.54) is 12.1 Å². The molecule has 5 heteroatoms. The van der Waals surface area contributed by atoms with Crippen LogP contribution in [-0.4, -0.2) is 12.7 Å². The van der Waals surface area contributed by atoms with E-state index in [0.29, 0.717) is 29.0 Å². The number of aryl methyl sites for hydroxylation is 1. The van der Waals surface area contributed by atoms with Crippen LogP contribution in [0.25, 0.3) is 0 Å². The molecule has 0 aromatic heterocycles. The number of halogens is 1. The zero-order valence-electron chi connectivity index (χ0n) is 12.2. The lowest BCUT2D eigenvalue weighted by atomic mass is 10.1. The van der Waals surface area contributed by atoms with Crippen molar-refractivity contribution in [3.8, 4) is 5.75 Å². The summed E-state index contributed by atoms with van der Waals surface area (Å²) in [5.74, 6) is 0.0226. The lowest BCUT2D eigenvalue weighted by Crippen LogP contribution is -2.24. The number of benzene rings is 2. The molecule has 3 rings (SSSR count). The average Bonchev–Trinajstić information content (AvgIpc) is 2.52. The van der Waals surface area contributed by atoms with Crippen LogP contribution in [0.2, 0.25) is 0 Å². The second-order valence-electron chi connectivity index (χ2n) is 5.21. The third kappa shape index (κ3) is 3.09. The van der Waals surface area contributed by atoms with Gasteiger partial charge in [0.25, 0.3) is 5.91 Å². The Balaban J connectivity index is 1.75. The second kappa shape index (κ2) is 6.15. The first-order valence-electron chi connectivity index (χ1n) is 7.00. The maximum atomic E-state index is 13.6. The highest BCUT2D eigenvalue weighted by Crippen LogP contribution is 2.29. The second-order valence-corrected chi connectivity index (χ2v) is 5.21. The first-order chi connectivity index (χ1) is 10.6. The third-order valence-corrected chi connectivity index (χ3v) is 3.50. The van der Waals surface area contributed by atoms with Gasteiger partial charge in [-0.25, -0.2) is 4.39 Å². The summed E-state index contributed by atoms with van der Waals surface area (Å²) < 4.78 is 24.2. The highest BCUT2D eigenvalue weighted by Gasteiger charge is 2.17. The fraction of sp³-hybridized carbons (Fsp3) is 0.235. The van der Waals surface area contributed by atoms with Gasteiger partial charge in [-0.2, -0.15) is 0 Å². The van der Waals surface area contributed by atoms with Crippen LogP contribution < -0.4 is 10.1 Å². The Morgan fingerprint density at radius 2 is 2.05 bits per heavy atom. The minimum Gasteiger partial charge on any atom is -0.467 e. The fourth-order valence-electron chi connectivity index (χ4n) is 2.37. The highest BCUT2D eigenvalue weighted by atomic mass is 19.1. The Bertz CT molecular complexity index is 698. The largest absolute Gasteiger partial charge is 0.467 e. The molecule has 0 spiro atoms. The number of rotatable bonds is 3. The molecule has 1 amide bonds. The third-order valence-electron chi connectivity index (χ3n) is 3.50. The van der Waals surface area contributed by atoms with Crippen molar-refractivity contribution in [1.29, 1.82) is 0 Å². The number of nitrogens with one attached hydrogen (secondary N) is 1. The summed E-state index contributed by atoms with van der Waals surface area (Å²) in [6.07, 6.45) is 0. The van der Waals surface area contributed by atoms with E-state index in [1.54, 1.807) is 12.1 Å². The van der Waals surface area contributed by atoms with E-state index >= 15 is 0 Å². The van der Waals surface area contributed by atoms with Gasteiger partial charge in [-0.3, -0.25) is 4.79 Å². The van der Waals surface area contributed by atoms with Gasteiger partial charge in [0, 0.05) is 23.2 Å². The number of carbonyl (C=O) groups is 1. The fourth-order valence-corrected chi connectivity index (χ4v) is 2.37. The summed E-state index contributed by atoms with van der Waals surface area (Å²) in [7, 11) is 0. The van der Waals surface area contributed by atoms with Crippen LogP contribution in [0.5, 0.6) is 5.75 Å². The summed E-state index contributed by atoms with van der Waals surface area (Å²) in [4.78, 5) is 12.1. The molecular weight excluding hydrogens is 285 g/mol. The Kier molecular flexibility index (Phi) is 4.06. The van der Waals surface area contributed by atoms with Gasteiger partial charge in [0.2, 0.25) is 0 Å². The normalized spacial score (nSPS) is 13.2. The van der Waals surface area contributed by atoms with Crippen molar-refractivity contribution in [2.75, 3.05) is 6.79 Å². The minimum atomic E-state index is -0.368. The van der Waals surface area contributed by atoms with Crippen LogP contribution >= 0.6 is 0 Å². The van der Waals surface area contributed by atoms with Crippen LogP contribution in [-0.2, 0) is 17.9 Å². The number of ether oxygens (including phenoxy) is 2. The van der Waals surface area contributed by atoms with E-state index in [4.69, 9.17) is 9.47 Å². The van der Waals surface area contributed by atoms with Gasteiger partial charge >= 0.3 is 0 Å². The maximum Gasteiger partial charge on any atom is 0.251 e. The van der Waals surface area contributed by atoms with Gasteiger partial charge in [0.05, 0.1) is 6.61 Å². The molecular formula is C17H16FNO3. The molecule has 0 saturated heterocycles. The number of amides is 1. The maximum absolute atomic E-state index is 13.6. The molecule has 0 aliphatic carbocycles. The van der Waals surface area contributed by atoms with Gasteiger partial charge in [0.1, 0.15) is 11.6 Å². The van der Waals surface area contributed by atoms with E-state index in [2.05, 4.69) is 5.32 Å². The average molecular weight is 301 g/mol. The molecule has 0 bridgehead atoms. The van der Waals surface area contributed by atoms with Crippen LogP contribution in [0, 0.1) is 12.7 Å². The highest BCUT2D eigenvalue weighted by molar-refractivity contribution is 5.94. The predicted octanol–water partition coefficient (Wildman–Crippen LogP) is 2.93. The molecule has 0 unspecified atom stereocenters. The summed E-state index contributed by atoms with van der Waals surface area (Å²) in [6.45, 7) is 2.61. The Hall–Kier alpha value is -2.40. The van der Waals surface area contributed by atoms with Crippen molar-refractivity contribution in [2.45, 2.75) is 20.1 Å². The van der Waals surface area contributed by atoms with Crippen molar-refractivity contribution in [3.63, 3.8) is 0 Å². The Morgan fingerprint density at radius 3 is 2.82 bits per heavy atom. The minimum absolute atomic E-state index is 0.136. The van der Waals surface area contributed by atoms with E-state index in [-0.39, 0.29) is 25.1 Å². The van der Waals surface area contributed by atoms with Crippen molar-refractivity contribution in [3.05, 3.63) is 64.5 Å². The SMILES string of the molecule is Cc1ccc(C(=O)NCc2cc(F)cc3c2OCOC3)cc1. The molecule has 0 radical (unpaired) electrons. The monoisotopic (exact) mass is 301 g/mol. The van der Waals surface area contributed by atoms with Crippen LogP contribution in [0.3, 0.4) is 0 Å². The topological polar surface area (TPSA) is 47.6 Å². The van der Waals surface area contributed by atoms with Crippen molar-refractivity contribution < 1.29 is 18.7 Å². The molecule has 114 valence electrons. The van der Waals surface area contributed by atoms with E-state index in [1.807, 2.05) is 19.1 Å². The molecule has 1 N–H and O–H groups in total. The Labute approximate surface area is 127 Å². The molecule has 4 nitrogen and oxygen atoms in total. The first kappa shape index (κ1) is 14.5. The van der Waals surface area contributed by atoms with E-state index < -0.39 is 0 Å². The molecule has 1 aliphatic heterocycles. The lowest BCUT2D eigenvalue weighted by molar-refractivity contribution is -0.0173. The molecule has 0 saturated carbocycles. The zero-order valence-corrected chi connectivity index (χ0v) is 12.2. The van der Waals surface area contributed by atoms with Gasteiger partial charge < -0.3 is 14.8 Å².